The summed E-state index contributed by atoms with van der Waals surface area (Å²) in [6.07, 6.45) is 0. The molecule has 2 aromatic rings. The zero-order valence-electron chi connectivity index (χ0n) is 14.4. The summed E-state index contributed by atoms with van der Waals surface area (Å²) in [6.45, 7) is 3.36. The van der Waals surface area contributed by atoms with Crippen LogP contribution in [0.25, 0.3) is 0 Å². The van der Waals surface area contributed by atoms with Gasteiger partial charge in [-0.05, 0) is 30.3 Å². The number of nitrogen functional groups attached to an aromatic ring is 1. The van der Waals surface area contributed by atoms with E-state index in [1.54, 1.807) is 30.3 Å². The Labute approximate surface area is 158 Å². The second-order valence-electron chi connectivity index (χ2n) is 5.85. The molecule has 1 fully saturated rings. The average Bonchev–Trinajstić information content (AvgIpc) is 2.67. The van der Waals surface area contributed by atoms with E-state index < -0.39 is 10.0 Å². The topological polar surface area (TPSA) is 87.9 Å². The molecule has 0 radical (unpaired) electrons. The quantitative estimate of drug-likeness (QED) is 0.594. The van der Waals surface area contributed by atoms with Crippen molar-refractivity contribution in [2.45, 2.75) is 4.90 Å². The molecule has 0 atom stereocenters. The molecule has 7 nitrogen and oxygen atoms in total. The number of piperazine rings is 1. The summed E-state index contributed by atoms with van der Waals surface area (Å²) >= 11 is 6.16. The van der Waals surface area contributed by atoms with E-state index in [1.807, 2.05) is 0 Å². The van der Waals surface area contributed by atoms with Crippen molar-refractivity contribution >= 4 is 38.9 Å². The van der Waals surface area contributed by atoms with Gasteiger partial charge in [0.2, 0.25) is 0 Å². The van der Waals surface area contributed by atoms with Gasteiger partial charge in [0.05, 0.1) is 23.4 Å². The summed E-state index contributed by atoms with van der Waals surface area (Å²) in [5, 5.41) is 3.27. The van der Waals surface area contributed by atoms with E-state index >= 15 is 0 Å². The first-order chi connectivity index (χ1) is 12.4. The Hall–Kier alpha value is -2.16. The maximum absolute atomic E-state index is 12.9. The molecule has 0 aromatic heterocycles. The van der Waals surface area contributed by atoms with E-state index in [9.17, 15) is 8.42 Å². The normalized spacial score (nSPS) is 14.9. The van der Waals surface area contributed by atoms with Crippen LogP contribution in [-0.2, 0) is 10.0 Å². The average molecular weight is 397 g/mol. The van der Waals surface area contributed by atoms with Crippen molar-refractivity contribution in [3.63, 3.8) is 0 Å². The lowest BCUT2D eigenvalue weighted by atomic mass is 10.2. The Balaban J connectivity index is 1.93. The van der Waals surface area contributed by atoms with Crippen molar-refractivity contribution in [1.82, 2.24) is 5.32 Å². The molecule has 26 heavy (non-hydrogen) atoms. The molecule has 1 heterocycles. The molecule has 140 valence electrons. The first-order valence-electron chi connectivity index (χ1n) is 8.14. The van der Waals surface area contributed by atoms with E-state index in [1.165, 1.54) is 19.2 Å². The molecule has 3 rings (SSSR count). The third-order valence-electron chi connectivity index (χ3n) is 4.24. The van der Waals surface area contributed by atoms with E-state index in [0.29, 0.717) is 15.3 Å². The third kappa shape index (κ3) is 3.53. The third-order valence-corrected chi connectivity index (χ3v) is 6.44. The molecule has 3 N–H and O–H groups in total. The molecule has 9 heteroatoms. The maximum Gasteiger partial charge on any atom is 0.278 e. The summed E-state index contributed by atoms with van der Waals surface area (Å²) in [6, 6.07) is 11.3. The molecular weight excluding hydrogens is 376 g/mol. The number of methoxy groups -OCH3 is 1. The van der Waals surface area contributed by atoms with Crippen molar-refractivity contribution in [3.8, 4) is 5.75 Å². The lowest BCUT2D eigenvalue weighted by Gasteiger charge is -2.30. The van der Waals surface area contributed by atoms with Crippen LogP contribution in [0.5, 0.6) is 5.75 Å². The zero-order valence-corrected chi connectivity index (χ0v) is 15.9. The first kappa shape index (κ1) is 18.6. The number of nitrogens with zero attached hydrogens (tertiary/aromatic N) is 2. The Morgan fingerprint density at radius 2 is 1.88 bits per heavy atom. The molecule has 2 aromatic carbocycles. The van der Waals surface area contributed by atoms with E-state index in [0.717, 1.165) is 31.9 Å². The Kier molecular flexibility index (Phi) is 5.45. The molecule has 0 bridgehead atoms. The molecule has 1 aliphatic heterocycles. The van der Waals surface area contributed by atoms with Gasteiger partial charge in [-0.2, -0.15) is 12.2 Å². The maximum atomic E-state index is 12.9. The largest absolute Gasteiger partial charge is 0.494 e. The number of hydrogen-bond acceptors (Lipinski definition) is 6. The summed E-state index contributed by atoms with van der Waals surface area (Å²) in [5.41, 5.74) is 7.59. The van der Waals surface area contributed by atoms with Gasteiger partial charge in [0.1, 0.15) is 11.4 Å². The Morgan fingerprint density at radius 1 is 1.19 bits per heavy atom. The van der Waals surface area contributed by atoms with Gasteiger partial charge in [0.15, 0.2) is 0 Å². The fourth-order valence-corrected chi connectivity index (χ4v) is 4.37. The van der Waals surface area contributed by atoms with Gasteiger partial charge >= 0.3 is 0 Å². The number of halogens is 1. The molecule has 0 saturated carbocycles. The fraction of sp³-hybridized carbons (Fsp3) is 0.294. The van der Waals surface area contributed by atoms with Crippen molar-refractivity contribution in [2.75, 3.05) is 47.7 Å². The second kappa shape index (κ2) is 7.61. The van der Waals surface area contributed by atoms with Crippen molar-refractivity contribution in [1.29, 1.82) is 0 Å². The predicted molar refractivity (Wildman–Crippen MR) is 104 cm³/mol. The molecular formula is C17H21ClN4O3S. The number of ether oxygens (including phenoxy) is 1. The monoisotopic (exact) mass is 396 g/mol. The molecule has 1 aliphatic rings. The highest BCUT2D eigenvalue weighted by molar-refractivity contribution is 7.94. The van der Waals surface area contributed by atoms with Gasteiger partial charge < -0.3 is 20.7 Å². The van der Waals surface area contributed by atoms with Gasteiger partial charge in [-0.1, -0.05) is 12.1 Å². The number of benzene rings is 2. The van der Waals surface area contributed by atoms with Gasteiger partial charge in [-0.25, -0.2) is 0 Å². The standard InChI is InChI=1S/C17H21ClN4O3S/c1-25-17-5-3-2-4-16(17)22(18)26(23,24)13-6-7-15(14(19)12-13)21-10-8-20-9-11-21/h2-7,12,20H,8-11,19H2,1H3. The molecule has 0 amide bonds. The van der Waals surface area contributed by atoms with Crippen molar-refractivity contribution in [2.24, 2.45) is 0 Å². The first-order valence-corrected chi connectivity index (χ1v) is 9.92. The minimum atomic E-state index is -3.99. The highest BCUT2D eigenvalue weighted by Gasteiger charge is 2.27. The minimum absolute atomic E-state index is 0.0230. The van der Waals surface area contributed by atoms with Gasteiger partial charge in [0.25, 0.3) is 10.0 Å². The number of nitrogens with one attached hydrogen (secondary N) is 1. The number of anilines is 3. The van der Waals surface area contributed by atoms with Crippen LogP contribution < -0.4 is 24.5 Å². The molecule has 1 saturated heterocycles. The SMILES string of the molecule is COc1ccccc1N(Cl)S(=O)(=O)c1ccc(N2CCNCC2)c(N)c1. The van der Waals surface area contributed by atoms with Crippen LogP contribution in [0.1, 0.15) is 0 Å². The number of rotatable bonds is 5. The van der Waals surface area contributed by atoms with Gasteiger partial charge in [-0.15, -0.1) is 0 Å². The summed E-state index contributed by atoms with van der Waals surface area (Å²) < 4.78 is 31.7. The fourth-order valence-electron chi connectivity index (χ4n) is 2.88. The van der Waals surface area contributed by atoms with Crippen LogP contribution in [0.15, 0.2) is 47.4 Å². The van der Waals surface area contributed by atoms with Crippen LogP contribution in [0.2, 0.25) is 0 Å². The lowest BCUT2D eigenvalue weighted by Crippen LogP contribution is -2.43. The number of sulfonamides is 1. The molecule has 0 spiro atoms. The Bertz CT molecular complexity index is 885. The lowest BCUT2D eigenvalue weighted by molar-refractivity contribution is 0.416. The second-order valence-corrected chi connectivity index (χ2v) is 8.17. The van der Waals surface area contributed by atoms with Crippen LogP contribution >= 0.6 is 11.8 Å². The van der Waals surface area contributed by atoms with Gasteiger partial charge in [-0.3, -0.25) is 0 Å². The van der Waals surface area contributed by atoms with E-state index in [-0.39, 0.29) is 10.6 Å². The highest BCUT2D eigenvalue weighted by Crippen LogP contribution is 2.35. The van der Waals surface area contributed by atoms with Crippen molar-refractivity contribution in [3.05, 3.63) is 42.5 Å². The summed E-state index contributed by atoms with van der Waals surface area (Å²) in [7, 11) is -2.53. The van der Waals surface area contributed by atoms with Crippen LogP contribution in [-0.4, -0.2) is 41.7 Å². The van der Waals surface area contributed by atoms with Crippen LogP contribution in [0.4, 0.5) is 17.1 Å². The minimum Gasteiger partial charge on any atom is -0.494 e. The van der Waals surface area contributed by atoms with Crippen molar-refractivity contribution < 1.29 is 13.2 Å². The molecule has 0 aliphatic carbocycles. The Morgan fingerprint density at radius 3 is 2.54 bits per heavy atom. The zero-order chi connectivity index (χ0) is 18.7. The van der Waals surface area contributed by atoms with Crippen LogP contribution in [0.3, 0.4) is 0 Å². The van der Waals surface area contributed by atoms with Gasteiger partial charge in [0, 0.05) is 38.0 Å². The van der Waals surface area contributed by atoms with Crippen LogP contribution in [0, 0.1) is 0 Å². The predicted octanol–water partition coefficient (Wildman–Crippen LogP) is 2.04. The summed E-state index contributed by atoms with van der Waals surface area (Å²) in [5.74, 6) is 0.358. The van der Waals surface area contributed by atoms with E-state index in [2.05, 4.69) is 10.2 Å². The molecule has 0 unspecified atom stereocenters. The van der Waals surface area contributed by atoms with E-state index in [4.69, 9.17) is 22.2 Å². The highest BCUT2D eigenvalue weighted by atomic mass is 35.5. The number of nitrogens with two attached hydrogens (primary N) is 1. The smallest absolute Gasteiger partial charge is 0.278 e. The number of hydrogen-bond donors (Lipinski definition) is 2. The number of para-hydroxylation sites is 2. The summed E-state index contributed by atoms with van der Waals surface area (Å²) in [4.78, 5) is 2.15.